The zero-order valence-electron chi connectivity index (χ0n) is 9.13. The van der Waals surface area contributed by atoms with Crippen molar-refractivity contribution in [2.75, 3.05) is 5.73 Å². The van der Waals surface area contributed by atoms with Gasteiger partial charge in [0, 0.05) is 11.2 Å². The van der Waals surface area contributed by atoms with Gasteiger partial charge in [0.15, 0.2) is 4.90 Å². The molecule has 0 heterocycles. The number of hydrogen-bond acceptors (Lipinski definition) is 3. The van der Waals surface area contributed by atoms with E-state index in [0.717, 1.165) is 12.1 Å². The second-order valence-corrected chi connectivity index (χ2v) is 6.10. The van der Waals surface area contributed by atoms with Crippen LogP contribution in [0.15, 0.2) is 17.0 Å². The van der Waals surface area contributed by atoms with E-state index in [0.29, 0.717) is 12.8 Å². The van der Waals surface area contributed by atoms with Crippen LogP contribution in [0.4, 0.5) is 14.5 Å². The average molecular weight is 262 g/mol. The molecule has 1 aromatic carbocycles. The molecule has 7 heteroatoms. The smallest absolute Gasteiger partial charge is 0.246 e. The van der Waals surface area contributed by atoms with Gasteiger partial charge in [-0.1, -0.05) is 0 Å². The summed E-state index contributed by atoms with van der Waals surface area (Å²) in [5.41, 5.74) is 4.48. The number of nitrogens with two attached hydrogens (primary N) is 1. The summed E-state index contributed by atoms with van der Waals surface area (Å²) in [6.07, 6.45) is 1.31. The first-order valence-corrected chi connectivity index (χ1v) is 6.50. The zero-order chi connectivity index (χ0) is 12.8. The Morgan fingerprint density at radius 1 is 1.29 bits per heavy atom. The molecule has 1 aliphatic carbocycles. The first kappa shape index (κ1) is 12.3. The summed E-state index contributed by atoms with van der Waals surface area (Å²) in [6.45, 7) is 1.68. The molecule has 0 amide bonds. The Hall–Kier alpha value is -1.21. The highest BCUT2D eigenvalue weighted by Crippen LogP contribution is 2.36. The van der Waals surface area contributed by atoms with Crippen molar-refractivity contribution in [3.63, 3.8) is 0 Å². The molecule has 17 heavy (non-hydrogen) atoms. The van der Waals surface area contributed by atoms with Gasteiger partial charge in [-0.3, -0.25) is 0 Å². The molecule has 0 atom stereocenters. The summed E-state index contributed by atoms with van der Waals surface area (Å²) in [4.78, 5) is -0.972. The summed E-state index contributed by atoms with van der Waals surface area (Å²) in [7, 11) is -4.19. The van der Waals surface area contributed by atoms with Crippen LogP contribution in [0.3, 0.4) is 0 Å². The number of nitrogens with one attached hydrogen (secondary N) is 1. The van der Waals surface area contributed by atoms with Crippen LogP contribution in [0, 0.1) is 11.6 Å². The predicted octanol–water partition coefficient (Wildman–Crippen LogP) is 1.38. The van der Waals surface area contributed by atoms with E-state index < -0.39 is 32.1 Å². The Bertz CT molecular complexity index is 545. The molecule has 4 nitrogen and oxygen atoms in total. The number of benzene rings is 1. The van der Waals surface area contributed by atoms with Crippen LogP contribution in [0.5, 0.6) is 0 Å². The minimum absolute atomic E-state index is 0.156. The van der Waals surface area contributed by atoms with Crippen LogP contribution in [-0.4, -0.2) is 14.0 Å². The van der Waals surface area contributed by atoms with Crippen molar-refractivity contribution in [3.8, 4) is 0 Å². The van der Waals surface area contributed by atoms with Gasteiger partial charge in [-0.2, -0.15) is 0 Å². The zero-order valence-corrected chi connectivity index (χ0v) is 9.94. The maximum absolute atomic E-state index is 13.5. The Morgan fingerprint density at radius 2 is 1.76 bits per heavy atom. The highest BCUT2D eigenvalue weighted by molar-refractivity contribution is 7.89. The molecule has 3 N–H and O–H groups in total. The molecule has 0 unspecified atom stereocenters. The van der Waals surface area contributed by atoms with E-state index >= 15 is 0 Å². The largest absolute Gasteiger partial charge is 0.399 e. The number of hydrogen-bond donors (Lipinski definition) is 2. The van der Waals surface area contributed by atoms with Crippen LogP contribution in [-0.2, 0) is 10.0 Å². The quantitative estimate of drug-likeness (QED) is 0.808. The normalized spacial score (nSPS) is 18.1. The number of rotatable bonds is 3. The monoisotopic (exact) mass is 262 g/mol. The minimum Gasteiger partial charge on any atom is -0.399 e. The topological polar surface area (TPSA) is 72.2 Å². The van der Waals surface area contributed by atoms with Crippen molar-refractivity contribution in [2.45, 2.75) is 30.2 Å². The van der Waals surface area contributed by atoms with E-state index in [1.165, 1.54) is 0 Å². The molecule has 2 rings (SSSR count). The number of nitrogen functional groups attached to an aromatic ring is 1. The summed E-state index contributed by atoms with van der Waals surface area (Å²) in [5.74, 6) is -2.36. The third kappa shape index (κ3) is 2.39. The highest BCUT2D eigenvalue weighted by atomic mass is 32.2. The molecular weight excluding hydrogens is 250 g/mol. The number of sulfonamides is 1. The van der Waals surface area contributed by atoms with Gasteiger partial charge in [0.2, 0.25) is 10.0 Å². The van der Waals surface area contributed by atoms with Gasteiger partial charge in [-0.25, -0.2) is 21.9 Å². The lowest BCUT2D eigenvalue weighted by atomic mass is 10.3. The Kier molecular flexibility index (Phi) is 2.62. The van der Waals surface area contributed by atoms with Crippen molar-refractivity contribution in [3.05, 3.63) is 23.8 Å². The SMILES string of the molecule is CC1(NS(=O)(=O)c2c(F)cc(N)cc2F)CC1. The molecule has 1 aromatic rings. The van der Waals surface area contributed by atoms with Gasteiger partial charge in [0.1, 0.15) is 11.6 Å². The summed E-state index contributed by atoms with van der Waals surface area (Å²) >= 11 is 0. The second-order valence-electron chi connectivity index (χ2n) is 4.48. The maximum Gasteiger partial charge on any atom is 0.246 e. The van der Waals surface area contributed by atoms with Crippen LogP contribution < -0.4 is 10.5 Å². The van der Waals surface area contributed by atoms with Gasteiger partial charge < -0.3 is 5.73 Å². The second kappa shape index (κ2) is 3.64. The lowest BCUT2D eigenvalue weighted by Gasteiger charge is -2.13. The highest BCUT2D eigenvalue weighted by Gasteiger charge is 2.42. The van der Waals surface area contributed by atoms with Crippen LogP contribution >= 0.6 is 0 Å². The van der Waals surface area contributed by atoms with Crippen LogP contribution in [0.1, 0.15) is 19.8 Å². The molecule has 1 aliphatic rings. The maximum atomic E-state index is 13.5. The van der Waals surface area contributed by atoms with Crippen LogP contribution in [0.2, 0.25) is 0 Å². The van der Waals surface area contributed by atoms with Crippen molar-refractivity contribution in [1.29, 1.82) is 0 Å². The molecular formula is C10H12F2N2O2S. The fourth-order valence-electron chi connectivity index (χ4n) is 1.50. The van der Waals surface area contributed by atoms with Crippen molar-refractivity contribution < 1.29 is 17.2 Å². The van der Waals surface area contributed by atoms with Crippen molar-refractivity contribution in [1.82, 2.24) is 4.72 Å². The summed E-state index contributed by atoms with van der Waals surface area (Å²) < 4.78 is 52.8. The Balaban J connectivity index is 2.46. The molecule has 1 saturated carbocycles. The van der Waals surface area contributed by atoms with Gasteiger partial charge in [-0.15, -0.1) is 0 Å². The molecule has 94 valence electrons. The fraction of sp³-hybridized carbons (Fsp3) is 0.400. The number of anilines is 1. The van der Waals surface area contributed by atoms with E-state index in [1.54, 1.807) is 6.92 Å². The molecule has 0 spiro atoms. The van der Waals surface area contributed by atoms with Crippen LogP contribution in [0.25, 0.3) is 0 Å². The van der Waals surface area contributed by atoms with Crippen molar-refractivity contribution >= 4 is 15.7 Å². The third-order valence-corrected chi connectivity index (χ3v) is 4.36. The fourth-order valence-corrected chi connectivity index (χ4v) is 3.09. The number of halogens is 2. The molecule has 0 aromatic heterocycles. The third-order valence-electron chi connectivity index (χ3n) is 2.67. The average Bonchev–Trinajstić information content (AvgIpc) is 2.78. The van der Waals surface area contributed by atoms with E-state index in [1.807, 2.05) is 0 Å². The van der Waals surface area contributed by atoms with Gasteiger partial charge >= 0.3 is 0 Å². The first-order valence-electron chi connectivity index (χ1n) is 5.02. The first-order chi connectivity index (χ1) is 7.73. The van der Waals surface area contributed by atoms with Crippen molar-refractivity contribution in [2.24, 2.45) is 0 Å². The lowest BCUT2D eigenvalue weighted by molar-refractivity contribution is 0.507. The molecule has 0 radical (unpaired) electrons. The molecule has 0 saturated heterocycles. The Labute approximate surface area is 97.9 Å². The minimum atomic E-state index is -4.19. The van der Waals surface area contributed by atoms with E-state index in [9.17, 15) is 17.2 Å². The van der Waals surface area contributed by atoms with Gasteiger partial charge in [-0.05, 0) is 31.9 Å². The van der Waals surface area contributed by atoms with E-state index in [4.69, 9.17) is 5.73 Å². The summed E-state index contributed by atoms with van der Waals surface area (Å²) in [5, 5.41) is 0. The standard InChI is InChI=1S/C10H12F2N2O2S/c1-10(2-3-10)14-17(15,16)9-7(11)4-6(13)5-8(9)12/h4-5,14H,2-3,13H2,1H3. The Morgan fingerprint density at radius 3 is 2.18 bits per heavy atom. The van der Waals surface area contributed by atoms with E-state index in [-0.39, 0.29) is 5.69 Å². The van der Waals surface area contributed by atoms with Gasteiger partial charge in [0.25, 0.3) is 0 Å². The molecule has 0 bridgehead atoms. The molecule has 1 fully saturated rings. The predicted molar refractivity (Wildman–Crippen MR) is 58.7 cm³/mol. The molecule has 0 aliphatic heterocycles. The summed E-state index contributed by atoms with van der Waals surface area (Å²) in [6, 6.07) is 1.57. The van der Waals surface area contributed by atoms with E-state index in [2.05, 4.69) is 4.72 Å². The van der Waals surface area contributed by atoms with Gasteiger partial charge in [0.05, 0.1) is 0 Å². The lowest BCUT2D eigenvalue weighted by Crippen LogP contribution is -2.35.